The lowest BCUT2D eigenvalue weighted by molar-refractivity contribution is -0.138. The summed E-state index contributed by atoms with van der Waals surface area (Å²) in [5, 5.41) is 11.0. The molecule has 2 aliphatic rings. The first-order chi connectivity index (χ1) is 13.8. The third-order valence-corrected chi connectivity index (χ3v) is 5.64. The number of hydrazone groups is 1. The molecule has 0 saturated carbocycles. The van der Waals surface area contributed by atoms with Gasteiger partial charge in [-0.15, -0.1) is 10.3 Å². The van der Waals surface area contributed by atoms with Crippen LogP contribution in [0.15, 0.2) is 35.4 Å². The third-order valence-electron chi connectivity index (χ3n) is 4.75. The zero-order valence-electron chi connectivity index (χ0n) is 15.2. The second-order valence-electron chi connectivity index (χ2n) is 6.62. The summed E-state index contributed by atoms with van der Waals surface area (Å²) in [6.07, 6.45) is -3.63. The Morgan fingerprint density at radius 1 is 1.28 bits per heavy atom. The molecule has 2 aliphatic heterocycles. The molecule has 29 heavy (non-hydrogen) atoms. The summed E-state index contributed by atoms with van der Waals surface area (Å²) in [7, 11) is 1.34. The van der Waals surface area contributed by atoms with Crippen molar-refractivity contribution in [3.63, 3.8) is 0 Å². The van der Waals surface area contributed by atoms with Crippen LogP contribution >= 0.6 is 22.6 Å². The fraction of sp³-hybridized carbons (Fsp3) is 0.263. The molecule has 6 nitrogen and oxygen atoms in total. The van der Waals surface area contributed by atoms with Crippen molar-refractivity contribution >= 4 is 40.0 Å². The minimum absolute atomic E-state index is 0.0659. The minimum Gasteiger partial charge on any atom is -0.322 e. The Hall–Kier alpha value is -2.18. The highest BCUT2D eigenvalue weighted by atomic mass is 127. The van der Waals surface area contributed by atoms with Crippen LogP contribution in [0.4, 0.5) is 18.9 Å². The SMILES string of the molecule is CON1N=C1c1cc(C(F)(F)F)c(I)cc1C(=O)Nc1ccc2c(c1)CNCC2. The largest absolute Gasteiger partial charge is 0.417 e. The number of amides is 1. The van der Waals surface area contributed by atoms with Crippen molar-refractivity contribution in [2.75, 3.05) is 19.0 Å². The summed E-state index contributed by atoms with van der Waals surface area (Å²) in [4.78, 5) is 17.8. The van der Waals surface area contributed by atoms with E-state index in [1.807, 2.05) is 12.1 Å². The van der Waals surface area contributed by atoms with Crippen LogP contribution in [-0.2, 0) is 24.0 Å². The topological polar surface area (TPSA) is 65.7 Å². The minimum atomic E-state index is -4.54. The Balaban J connectivity index is 1.67. The molecule has 0 aliphatic carbocycles. The van der Waals surface area contributed by atoms with Gasteiger partial charge in [0.05, 0.1) is 18.2 Å². The number of hydroxylamine groups is 1. The summed E-state index contributed by atoms with van der Waals surface area (Å²) in [6.45, 7) is 1.62. The van der Waals surface area contributed by atoms with E-state index in [1.54, 1.807) is 28.7 Å². The van der Waals surface area contributed by atoms with E-state index in [0.717, 1.165) is 29.8 Å². The summed E-state index contributed by atoms with van der Waals surface area (Å²) in [5.74, 6) is -0.338. The lowest BCUT2D eigenvalue weighted by atomic mass is 10.00. The Labute approximate surface area is 178 Å². The van der Waals surface area contributed by atoms with E-state index in [0.29, 0.717) is 12.2 Å². The Bertz CT molecular complexity index is 1020. The van der Waals surface area contributed by atoms with E-state index in [9.17, 15) is 18.0 Å². The van der Waals surface area contributed by atoms with Gasteiger partial charge in [-0.25, -0.2) is 0 Å². The molecular weight excluding hydrogens is 500 g/mol. The van der Waals surface area contributed by atoms with Gasteiger partial charge in [0.2, 0.25) is 5.84 Å². The maximum Gasteiger partial charge on any atom is 0.417 e. The van der Waals surface area contributed by atoms with Gasteiger partial charge in [0.25, 0.3) is 5.91 Å². The molecule has 2 aromatic carbocycles. The molecule has 0 saturated heterocycles. The van der Waals surface area contributed by atoms with E-state index in [-0.39, 0.29) is 20.5 Å². The standard InChI is InChI=1S/C19H16F3IN4O2/c1-29-27-17(26-27)13-7-15(19(20,21)22)16(23)8-14(13)18(28)25-12-3-2-10-4-5-24-9-11(10)6-12/h2-3,6-8,24H,4-5,9H2,1H3,(H,25,28). The number of hydrogen-bond acceptors (Lipinski definition) is 5. The van der Waals surface area contributed by atoms with Crippen LogP contribution in [0.3, 0.4) is 0 Å². The fourth-order valence-corrected chi connectivity index (χ4v) is 4.04. The van der Waals surface area contributed by atoms with Gasteiger partial charge >= 0.3 is 6.18 Å². The molecule has 2 heterocycles. The number of nitrogens with zero attached hydrogens (tertiary/aromatic N) is 2. The summed E-state index contributed by atoms with van der Waals surface area (Å²) >= 11 is 1.59. The fourth-order valence-electron chi connectivity index (χ4n) is 3.27. The Morgan fingerprint density at radius 2 is 2.07 bits per heavy atom. The number of carbonyl (C=O) groups is 1. The van der Waals surface area contributed by atoms with Gasteiger partial charge in [-0.2, -0.15) is 13.2 Å². The maximum atomic E-state index is 13.3. The van der Waals surface area contributed by atoms with Crippen molar-refractivity contribution in [2.45, 2.75) is 19.1 Å². The van der Waals surface area contributed by atoms with Crippen LogP contribution < -0.4 is 10.6 Å². The first-order valence-corrected chi connectivity index (χ1v) is 9.83. The second kappa shape index (κ2) is 7.58. The molecule has 0 aromatic heterocycles. The Kier molecular flexibility index (Phi) is 5.25. The molecule has 0 spiro atoms. The lowest BCUT2D eigenvalue weighted by Gasteiger charge is -2.18. The molecule has 10 heteroatoms. The number of fused-ring (bicyclic) bond motifs is 1. The Morgan fingerprint density at radius 3 is 2.76 bits per heavy atom. The quantitative estimate of drug-likeness (QED) is 0.608. The number of amidine groups is 1. The predicted octanol–water partition coefficient (Wildman–Crippen LogP) is 3.75. The molecule has 2 N–H and O–H groups in total. The zero-order valence-corrected chi connectivity index (χ0v) is 17.4. The van der Waals surface area contributed by atoms with Crippen molar-refractivity contribution in [3.8, 4) is 0 Å². The number of hydrogen-bond donors (Lipinski definition) is 2. The van der Waals surface area contributed by atoms with Crippen LogP contribution in [0.5, 0.6) is 0 Å². The molecule has 0 fully saturated rings. The molecule has 0 radical (unpaired) electrons. The molecule has 0 bridgehead atoms. The highest BCUT2D eigenvalue weighted by molar-refractivity contribution is 14.1. The number of alkyl halides is 3. The zero-order chi connectivity index (χ0) is 20.8. The molecular formula is C19H16F3IN4O2. The molecule has 4 rings (SSSR count). The number of benzene rings is 2. The van der Waals surface area contributed by atoms with Crippen molar-refractivity contribution in [2.24, 2.45) is 5.10 Å². The van der Waals surface area contributed by atoms with Crippen LogP contribution in [0.1, 0.15) is 32.6 Å². The first-order valence-electron chi connectivity index (χ1n) is 8.76. The van der Waals surface area contributed by atoms with Gasteiger partial charge in [0.1, 0.15) is 0 Å². The average molecular weight is 516 g/mol. The van der Waals surface area contributed by atoms with Gasteiger partial charge < -0.3 is 10.6 Å². The number of nitrogens with one attached hydrogen (secondary N) is 2. The lowest BCUT2D eigenvalue weighted by Crippen LogP contribution is -2.24. The highest BCUT2D eigenvalue weighted by Gasteiger charge is 2.38. The summed E-state index contributed by atoms with van der Waals surface area (Å²) in [5.41, 5.74) is 2.23. The van der Waals surface area contributed by atoms with E-state index in [2.05, 4.69) is 15.7 Å². The van der Waals surface area contributed by atoms with Crippen molar-refractivity contribution in [1.82, 2.24) is 10.5 Å². The predicted molar refractivity (Wildman–Crippen MR) is 109 cm³/mol. The van der Waals surface area contributed by atoms with Gasteiger partial charge in [0.15, 0.2) is 0 Å². The van der Waals surface area contributed by atoms with E-state index >= 15 is 0 Å². The molecule has 152 valence electrons. The molecule has 2 aromatic rings. The van der Waals surface area contributed by atoms with Crippen LogP contribution in [0.2, 0.25) is 0 Å². The summed E-state index contributed by atoms with van der Waals surface area (Å²) in [6, 6.07) is 7.80. The van der Waals surface area contributed by atoms with Crippen molar-refractivity contribution in [3.05, 3.63) is 61.7 Å². The van der Waals surface area contributed by atoms with Crippen LogP contribution in [0, 0.1) is 3.57 Å². The van der Waals surface area contributed by atoms with Gasteiger partial charge in [-0.05, 0) is 70.9 Å². The van der Waals surface area contributed by atoms with E-state index in [1.165, 1.54) is 18.7 Å². The number of rotatable bonds is 4. The van der Waals surface area contributed by atoms with Gasteiger partial charge in [-0.1, -0.05) is 6.07 Å². The van der Waals surface area contributed by atoms with Crippen molar-refractivity contribution < 1.29 is 22.8 Å². The van der Waals surface area contributed by atoms with E-state index in [4.69, 9.17) is 4.84 Å². The molecule has 0 unspecified atom stereocenters. The smallest absolute Gasteiger partial charge is 0.322 e. The average Bonchev–Trinajstić information content (AvgIpc) is 3.46. The van der Waals surface area contributed by atoms with Crippen molar-refractivity contribution in [1.29, 1.82) is 0 Å². The second-order valence-corrected chi connectivity index (χ2v) is 7.78. The summed E-state index contributed by atoms with van der Waals surface area (Å²) < 4.78 is 39.9. The van der Waals surface area contributed by atoms with Crippen LogP contribution in [0.25, 0.3) is 0 Å². The molecule has 0 atom stereocenters. The van der Waals surface area contributed by atoms with Gasteiger partial charge in [0, 0.05) is 21.4 Å². The first kappa shape index (κ1) is 20.1. The van der Waals surface area contributed by atoms with Gasteiger partial charge in [-0.3, -0.25) is 9.63 Å². The third kappa shape index (κ3) is 4.09. The number of carbonyl (C=O) groups excluding carboxylic acids is 1. The highest BCUT2D eigenvalue weighted by Crippen LogP contribution is 2.36. The number of anilines is 1. The van der Waals surface area contributed by atoms with E-state index < -0.39 is 17.6 Å². The maximum absolute atomic E-state index is 13.3. The normalized spacial score (nSPS) is 15.6. The van der Waals surface area contributed by atoms with Crippen LogP contribution in [-0.4, -0.2) is 30.6 Å². The monoisotopic (exact) mass is 516 g/mol. The number of halogens is 4. The molecule has 1 amide bonds.